The van der Waals surface area contributed by atoms with Gasteiger partial charge in [-0.3, -0.25) is 4.79 Å². The zero-order valence-corrected chi connectivity index (χ0v) is 17.7. The van der Waals surface area contributed by atoms with Gasteiger partial charge in [0.2, 0.25) is 0 Å². The first kappa shape index (κ1) is 22.2. The van der Waals surface area contributed by atoms with Crippen LogP contribution < -0.4 is 10.1 Å². The minimum atomic E-state index is -0.500. The summed E-state index contributed by atoms with van der Waals surface area (Å²) in [4.78, 5) is 24.1. The van der Waals surface area contributed by atoms with Crippen LogP contribution in [-0.2, 0) is 14.3 Å². The predicted octanol–water partition coefficient (Wildman–Crippen LogP) is 4.18. The quantitative estimate of drug-likeness (QED) is 0.365. The van der Waals surface area contributed by atoms with Gasteiger partial charge in [-0.2, -0.15) is 5.26 Å². The smallest absolute Gasteiger partial charge is 0.344 e. The standard InChI is InChI=1S/C22H21BrN2O4/c1-3-28-21(26)14-29-20-10-9-19(23)12-17(20)11-18(13-24)22(27)25-15(2)16-7-5-4-6-8-16/h4-12,15H,3,14H2,1-2H3,(H,25,27)/b18-11-/t15-/m1/s1. The topological polar surface area (TPSA) is 88.4 Å². The fourth-order valence-corrected chi connectivity index (χ4v) is 2.89. The predicted molar refractivity (Wildman–Crippen MR) is 113 cm³/mol. The number of carbonyl (C=O) groups excluding carboxylic acids is 2. The van der Waals surface area contributed by atoms with E-state index < -0.39 is 11.9 Å². The van der Waals surface area contributed by atoms with E-state index in [1.54, 1.807) is 25.1 Å². The second-order valence-electron chi connectivity index (χ2n) is 6.05. The molecule has 6 nitrogen and oxygen atoms in total. The van der Waals surface area contributed by atoms with Crippen molar-refractivity contribution in [3.8, 4) is 11.8 Å². The average Bonchev–Trinajstić information content (AvgIpc) is 2.72. The van der Waals surface area contributed by atoms with Crippen LogP contribution in [0.5, 0.6) is 5.75 Å². The summed E-state index contributed by atoms with van der Waals surface area (Å²) in [5, 5.41) is 12.3. The molecule has 0 aliphatic rings. The van der Waals surface area contributed by atoms with Gasteiger partial charge in [0.15, 0.2) is 6.61 Å². The van der Waals surface area contributed by atoms with Crippen molar-refractivity contribution >= 4 is 33.9 Å². The van der Waals surface area contributed by atoms with Crippen LogP contribution in [-0.4, -0.2) is 25.1 Å². The lowest BCUT2D eigenvalue weighted by Gasteiger charge is -2.14. The van der Waals surface area contributed by atoms with Crippen LogP contribution in [0.1, 0.15) is 31.0 Å². The molecule has 1 N–H and O–H groups in total. The molecule has 1 atom stereocenters. The lowest BCUT2D eigenvalue weighted by atomic mass is 10.1. The lowest BCUT2D eigenvalue weighted by molar-refractivity contribution is -0.145. The van der Waals surface area contributed by atoms with Crippen molar-refractivity contribution < 1.29 is 19.1 Å². The number of hydrogen-bond acceptors (Lipinski definition) is 5. The zero-order valence-electron chi connectivity index (χ0n) is 16.1. The molecule has 0 aliphatic carbocycles. The van der Waals surface area contributed by atoms with Gasteiger partial charge in [-0.15, -0.1) is 0 Å². The van der Waals surface area contributed by atoms with Gasteiger partial charge in [-0.1, -0.05) is 46.3 Å². The van der Waals surface area contributed by atoms with E-state index in [0.29, 0.717) is 11.3 Å². The zero-order chi connectivity index (χ0) is 21.2. The third-order valence-electron chi connectivity index (χ3n) is 3.93. The van der Waals surface area contributed by atoms with Gasteiger partial charge >= 0.3 is 5.97 Å². The largest absolute Gasteiger partial charge is 0.481 e. The summed E-state index contributed by atoms with van der Waals surface area (Å²) < 4.78 is 11.1. The summed E-state index contributed by atoms with van der Waals surface area (Å²) in [5.41, 5.74) is 1.34. The minimum Gasteiger partial charge on any atom is -0.481 e. The first-order valence-electron chi connectivity index (χ1n) is 9.00. The molecule has 0 spiro atoms. The molecule has 29 heavy (non-hydrogen) atoms. The highest BCUT2D eigenvalue weighted by Gasteiger charge is 2.15. The number of halogens is 1. The van der Waals surface area contributed by atoms with Crippen molar-refractivity contribution in [1.82, 2.24) is 5.32 Å². The van der Waals surface area contributed by atoms with Crippen LogP contribution in [0.25, 0.3) is 6.08 Å². The second kappa shape index (κ2) is 11.0. The van der Waals surface area contributed by atoms with Crippen molar-refractivity contribution in [3.05, 3.63) is 69.7 Å². The number of carbonyl (C=O) groups is 2. The molecule has 0 saturated carbocycles. The maximum atomic E-state index is 12.6. The molecule has 2 rings (SSSR count). The van der Waals surface area contributed by atoms with Crippen molar-refractivity contribution in [1.29, 1.82) is 5.26 Å². The highest BCUT2D eigenvalue weighted by Crippen LogP contribution is 2.26. The van der Waals surface area contributed by atoms with E-state index in [4.69, 9.17) is 9.47 Å². The van der Waals surface area contributed by atoms with E-state index in [0.717, 1.165) is 10.0 Å². The molecule has 0 aromatic heterocycles. The Morgan fingerprint density at radius 2 is 1.97 bits per heavy atom. The second-order valence-corrected chi connectivity index (χ2v) is 6.97. The van der Waals surface area contributed by atoms with Gasteiger partial charge in [-0.25, -0.2) is 4.79 Å². The normalized spacial score (nSPS) is 11.9. The number of nitriles is 1. The molecule has 0 unspecified atom stereocenters. The maximum absolute atomic E-state index is 12.6. The molecule has 2 aromatic rings. The van der Waals surface area contributed by atoms with Crippen molar-refractivity contribution in [2.75, 3.05) is 13.2 Å². The number of ether oxygens (including phenoxy) is 2. The summed E-state index contributed by atoms with van der Waals surface area (Å²) in [6.07, 6.45) is 1.43. The van der Waals surface area contributed by atoms with Gasteiger partial charge in [0.05, 0.1) is 12.6 Å². The number of amides is 1. The number of nitrogens with one attached hydrogen (secondary N) is 1. The van der Waals surface area contributed by atoms with Crippen molar-refractivity contribution in [3.63, 3.8) is 0 Å². The summed E-state index contributed by atoms with van der Waals surface area (Å²) in [5.74, 6) is -0.640. The van der Waals surface area contributed by atoms with Gasteiger partial charge in [0, 0.05) is 10.0 Å². The number of esters is 1. The monoisotopic (exact) mass is 456 g/mol. The molecule has 0 aliphatic heterocycles. The van der Waals surface area contributed by atoms with E-state index >= 15 is 0 Å². The van der Waals surface area contributed by atoms with Crippen molar-refractivity contribution in [2.24, 2.45) is 0 Å². The molecule has 1 amide bonds. The van der Waals surface area contributed by atoms with E-state index in [1.807, 2.05) is 43.3 Å². The van der Waals surface area contributed by atoms with Gasteiger partial charge in [0.1, 0.15) is 17.4 Å². The van der Waals surface area contributed by atoms with Crippen LogP contribution in [0.15, 0.2) is 58.6 Å². The van der Waals surface area contributed by atoms with Gasteiger partial charge < -0.3 is 14.8 Å². The van der Waals surface area contributed by atoms with E-state index in [2.05, 4.69) is 21.2 Å². The molecule has 0 radical (unpaired) electrons. The van der Waals surface area contributed by atoms with Crippen LogP contribution >= 0.6 is 15.9 Å². The Morgan fingerprint density at radius 1 is 1.24 bits per heavy atom. The average molecular weight is 457 g/mol. The fourth-order valence-electron chi connectivity index (χ4n) is 2.51. The molecule has 2 aromatic carbocycles. The van der Waals surface area contributed by atoms with Gasteiger partial charge in [0.25, 0.3) is 5.91 Å². The van der Waals surface area contributed by atoms with Crippen molar-refractivity contribution in [2.45, 2.75) is 19.9 Å². The third kappa shape index (κ3) is 6.77. The summed E-state index contributed by atoms with van der Waals surface area (Å²) in [7, 11) is 0. The Morgan fingerprint density at radius 3 is 2.62 bits per heavy atom. The maximum Gasteiger partial charge on any atom is 0.344 e. The molecular formula is C22H21BrN2O4. The lowest BCUT2D eigenvalue weighted by Crippen LogP contribution is -2.27. The number of hydrogen-bond donors (Lipinski definition) is 1. The number of rotatable bonds is 8. The van der Waals surface area contributed by atoms with E-state index in [1.165, 1.54) is 6.08 Å². The summed E-state index contributed by atoms with van der Waals surface area (Å²) in [6, 6.07) is 16.2. The highest BCUT2D eigenvalue weighted by atomic mass is 79.9. The Kier molecular flexibility index (Phi) is 8.44. The fraction of sp³-hybridized carbons (Fsp3) is 0.227. The molecule has 7 heteroatoms. The van der Waals surface area contributed by atoms with Gasteiger partial charge in [-0.05, 0) is 43.7 Å². The van der Waals surface area contributed by atoms with E-state index in [9.17, 15) is 14.9 Å². The minimum absolute atomic E-state index is 0.0770. The molecular weight excluding hydrogens is 436 g/mol. The van der Waals surface area contributed by atoms with Crippen LogP contribution in [0, 0.1) is 11.3 Å². The number of nitrogens with zero attached hydrogens (tertiary/aromatic N) is 1. The Balaban J connectivity index is 2.20. The summed E-state index contributed by atoms with van der Waals surface area (Å²) >= 11 is 3.36. The van der Waals surface area contributed by atoms with Crippen LogP contribution in [0.4, 0.5) is 0 Å². The first-order valence-corrected chi connectivity index (χ1v) is 9.79. The highest BCUT2D eigenvalue weighted by molar-refractivity contribution is 9.10. The molecule has 150 valence electrons. The Hall–Kier alpha value is -3.11. The SMILES string of the molecule is CCOC(=O)COc1ccc(Br)cc1/C=C(/C#N)C(=O)N[C@H](C)c1ccccc1. The first-order chi connectivity index (χ1) is 13.9. The third-order valence-corrected chi connectivity index (χ3v) is 4.43. The molecule has 0 bridgehead atoms. The van der Waals surface area contributed by atoms with Crippen LogP contribution in [0.2, 0.25) is 0 Å². The van der Waals surface area contributed by atoms with E-state index in [-0.39, 0.29) is 24.8 Å². The number of benzene rings is 2. The van der Waals surface area contributed by atoms with Crippen LogP contribution in [0.3, 0.4) is 0 Å². The Labute approximate surface area is 178 Å². The molecule has 0 heterocycles. The Bertz CT molecular complexity index is 936. The summed E-state index contributed by atoms with van der Waals surface area (Å²) in [6.45, 7) is 3.54. The molecule has 0 fully saturated rings. The molecule has 0 saturated heterocycles.